The van der Waals surface area contributed by atoms with Gasteiger partial charge in [-0.2, -0.15) is 0 Å². The van der Waals surface area contributed by atoms with Crippen LogP contribution >= 0.6 is 0 Å². The molecule has 0 aliphatic carbocycles. The molecule has 1 aromatic carbocycles. The lowest BCUT2D eigenvalue weighted by molar-refractivity contribution is 0.0600. The number of rotatable bonds is 4. The van der Waals surface area contributed by atoms with Gasteiger partial charge in [-0.15, -0.1) is 0 Å². The van der Waals surface area contributed by atoms with Crippen LogP contribution in [0, 0.1) is 0 Å². The van der Waals surface area contributed by atoms with Crippen molar-refractivity contribution in [3.05, 3.63) is 29.8 Å². The van der Waals surface area contributed by atoms with Gasteiger partial charge in [0.2, 0.25) is 0 Å². The van der Waals surface area contributed by atoms with E-state index in [-0.39, 0.29) is 12.1 Å². The van der Waals surface area contributed by atoms with Gasteiger partial charge in [0, 0.05) is 0 Å². The van der Waals surface area contributed by atoms with Gasteiger partial charge in [-0.05, 0) is 31.5 Å². The number of carbonyl (C=O) groups excluding carboxylic acids is 1. The molecule has 0 radical (unpaired) electrons. The summed E-state index contributed by atoms with van der Waals surface area (Å²) < 4.78 is 10.2. The van der Waals surface area contributed by atoms with Crippen molar-refractivity contribution in [3.8, 4) is 5.75 Å². The minimum Gasteiger partial charge on any atom is -0.491 e. The summed E-state index contributed by atoms with van der Waals surface area (Å²) in [6.45, 7) is 4.04. The van der Waals surface area contributed by atoms with E-state index in [1.165, 1.54) is 7.11 Å². The largest absolute Gasteiger partial charge is 0.491 e. The first-order valence-corrected chi connectivity index (χ1v) is 5.02. The van der Waals surface area contributed by atoms with Crippen molar-refractivity contribution in [1.29, 1.82) is 0 Å². The molecule has 82 valence electrons. The second-order valence-electron chi connectivity index (χ2n) is 3.36. The van der Waals surface area contributed by atoms with E-state index in [4.69, 9.17) is 4.74 Å². The second kappa shape index (κ2) is 5.39. The maximum absolute atomic E-state index is 11.2. The number of hydrogen-bond acceptors (Lipinski definition) is 3. The van der Waals surface area contributed by atoms with Gasteiger partial charge >= 0.3 is 5.97 Å². The fourth-order valence-electron chi connectivity index (χ4n) is 1.13. The fraction of sp³-hybridized carbons (Fsp3) is 0.417. The first-order chi connectivity index (χ1) is 7.17. The van der Waals surface area contributed by atoms with Crippen molar-refractivity contribution in [2.45, 2.75) is 26.4 Å². The van der Waals surface area contributed by atoms with Crippen molar-refractivity contribution >= 4 is 5.97 Å². The molecule has 15 heavy (non-hydrogen) atoms. The molecule has 0 saturated heterocycles. The van der Waals surface area contributed by atoms with Gasteiger partial charge in [-0.1, -0.05) is 13.0 Å². The van der Waals surface area contributed by atoms with E-state index in [1.54, 1.807) is 18.2 Å². The van der Waals surface area contributed by atoms with Crippen LogP contribution < -0.4 is 4.74 Å². The predicted octanol–water partition coefficient (Wildman–Crippen LogP) is 2.65. The van der Waals surface area contributed by atoms with Crippen LogP contribution in [0.4, 0.5) is 0 Å². The fourth-order valence-corrected chi connectivity index (χ4v) is 1.13. The highest BCUT2D eigenvalue weighted by Gasteiger charge is 2.07. The van der Waals surface area contributed by atoms with E-state index in [9.17, 15) is 4.79 Å². The highest BCUT2D eigenvalue weighted by atomic mass is 16.5. The molecule has 0 heterocycles. The van der Waals surface area contributed by atoms with Crippen molar-refractivity contribution in [2.24, 2.45) is 0 Å². The zero-order valence-electron chi connectivity index (χ0n) is 9.32. The normalized spacial score (nSPS) is 11.9. The standard InChI is InChI=1S/C12H16O3/c1-4-9(2)15-11-7-5-6-10(8-11)12(13)14-3/h5-9H,4H2,1-3H3. The van der Waals surface area contributed by atoms with Gasteiger partial charge in [0.1, 0.15) is 5.75 Å². The van der Waals surface area contributed by atoms with Crippen molar-refractivity contribution in [2.75, 3.05) is 7.11 Å². The highest BCUT2D eigenvalue weighted by Crippen LogP contribution is 2.16. The third-order valence-corrected chi connectivity index (χ3v) is 2.17. The summed E-state index contributed by atoms with van der Waals surface area (Å²) in [7, 11) is 1.37. The molecule has 0 aliphatic heterocycles. The maximum Gasteiger partial charge on any atom is 0.337 e. The van der Waals surface area contributed by atoms with E-state index in [0.29, 0.717) is 11.3 Å². The molecule has 3 nitrogen and oxygen atoms in total. The Bertz CT molecular complexity index is 333. The third kappa shape index (κ3) is 3.27. The zero-order valence-corrected chi connectivity index (χ0v) is 9.32. The number of esters is 1. The number of methoxy groups -OCH3 is 1. The Morgan fingerprint density at radius 2 is 2.20 bits per heavy atom. The van der Waals surface area contributed by atoms with Crippen LogP contribution in [-0.2, 0) is 4.74 Å². The van der Waals surface area contributed by atoms with Crippen LogP contribution in [-0.4, -0.2) is 19.2 Å². The molecule has 0 spiro atoms. The molecular weight excluding hydrogens is 192 g/mol. The smallest absolute Gasteiger partial charge is 0.337 e. The maximum atomic E-state index is 11.2. The monoisotopic (exact) mass is 208 g/mol. The number of hydrogen-bond donors (Lipinski definition) is 0. The lowest BCUT2D eigenvalue weighted by Gasteiger charge is -2.12. The summed E-state index contributed by atoms with van der Waals surface area (Å²) >= 11 is 0. The predicted molar refractivity (Wildman–Crippen MR) is 58.2 cm³/mol. The average Bonchev–Trinajstić information content (AvgIpc) is 2.28. The quantitative estimate of drug-likeness (QED) is 0.713. The van der Waals surface area contributed by atoms with Gasteiger partial charge in [0.25, 0.3) is 0 Å². The second-order valence-corrected chi connectivity index (χ2v) is 3.36. The van der Waals surface area contributed by atoms with E-state index in [0.717, 1.165) is 6.42 Å². The van der Waals surface area contributed by atoms with Gasteiger partial charge in [0.05, 0.1) is 18.8 Å². The Hall–Kier alpha value is -1.51. The van der Waals surface area contributed by atoms with Crippen molar-refractivity contribution < 1.29 is 14.3 Å². The van der Waals surface area contributed by atoms with Crippen LogP contribution in [0.3, 0.4) is 0 Å². The van der Waals surface area contributed by atoms with Gasteiger partial charge in [-0.3, -0.25) is 0 Å². The molecule has 0 fully saturated rings. The minimum atomic E-state index is -0.343. The Morgan fingerprint density at radius 1 is 1.47 bits per heavy atom. The molecule has 1 atom stereocenters. The molecule has 0 saturated carbocycles. The van der Waals surface area contributed by atoms with Crippen LogP contribution in [0.2, 0.25) is 0 Å². The lowest BCUT2D eigenvalue weighted by Crippen LogP contribution is -2.10. The van der Waals surface area contributed by atoms with E-state index < -0.39 is 0 Å². The van der Waals surface area contributed by atoms with Crippen molar-refractivity contribution in [3.63, 3.8) is 0 Å². The molecule has 0 aliphatic rings. The summed E-state index contributed by atoms with van der Waals surface area (Å²) in [5, 5.41) is 0. The molecule has 1 aromatic rings. The Kier molecular flexibility index (Phi) is 4.16. The van der Waals surface area contributed by atoms with Crippen LogP contribution in [0.5, 0.6) is 5.75 Å². The summed E-state index contributed by atoms with van der Waals surface area (Å²) in [6, 6.07) is 7.01. The molecule has 3 heteroatoms. The summed E-state index contributed by atoms with van der Waals surface area (Å²) in [5.74, 6) is 0.358. The summed E-state index contributed by atoms with van der Waals surface area (Å²) in [4.78, 5) is 11.2. The molecule has 0 amide bonds. The number of benzene rings is 1. The first-order valence-electron chi connectivity index (χ1n) is 5.02. The zero-order chi connectivity index (χ0) is 11.3. The summed E-state index contributed by atoms with van der Waals surface area (Å²) in [6.07, 6.45) is 1.08. The minimum absolute atomic E-state index is 0.151. The lowest BCUT2D eigenvalue weighted by atomic mass is 10.2. The van der Waals surface area contributed by atoms with E-state index >= 15 is 0 Å². The van der Waals surface area contributed by atoms with Crippen LogP contribution in [0.15, 0.2) is 24.3 Å². The molecule has 0 N–H and O–H groups in total. The molecule has 1 unspecified atom stereocenters. The molecule has 0 aromatic heterocycles. The van der Waals surface area contributed by atoms with Crippen LogP contribution in [0.1, 0.15) is 30.6 Å². The van der Waals surface area contributed by atoms with Crippen molar-refractivity contribution in [1.82, 2.24) is 0 Å². The Labute approximate surface area is 90.0 Å². The van der Waals surface area contributed by atoms with E-state index in [1.807, 2.05) is 13.0 Å². The first kappa shape index (κ1) is 11.6. The number of carbonyl (C=O) groups is 1. The summed E-state index contributed by atoms with van der Waals surface area (Å²) in [5.41, 5.74) is 0.512. The Balaban J connectivity index is 2.78. The van der Waals surface area contributed by atoms with Gasteiger partial charge in [-0.25, -0.2) is 4.79 Å². The van der Waals surface area contributed by atoms with Crippen LogP contribution in [0.25, 0.3) is 0 Å². The molecular formula is C12H16O3. The topological polar surface area (TPSA) is 35.5 Å². The molecule has 0 bridgehead atoms. The van der Waals surface area contributed by atoms with Gasteiger partial charge in [0.15, 0.2) is 0 Å². The average molecular weight is 208 g/mol. The molecule has 1 rings (SSSR count). The van der Waals surface area contributed by atoms with Gasteiger partial charge < -0.3 is 9.47 Å². The highest BCUT2D eigenvalue weighted by molar-refractivity contribution is 5.89. The van der Waals surface area contributed by atoms with E-state index in [2.05, 4.69) is 11.7 Å². The SMILES string of the molecule is CCC(C)Oc1cccc(C(=O)OC)c1. The number of ether oxygens (including phenoxy) is 2. The third-order valence-electron chi connectivity index (χ3n) is 2.17. The Morgan fingerprint density at radius 3 is 2.80 bits per heavy atom.